The predicted molar refractivity (Wildman–Crippen MR) is 115 cm³/mol. The van der Waals surface area contributed by atoms with Crippen molar-refractivity contribution in [2.24, 2.45) is 0 Å². The molecule has 2 atom stereocenters. The van der Waals surface area contributed by atoms with Gasteiger partial charge in [-0.25, -0.2) is 0 Å². The molecule has 2 aliphatic rings. The first kappa shape index (κ1) is 20.5. The summed E-state index contributed by atoms with van der Waals surface area (Å²) in [4.78, 5) is 30.7. The Morgan fingerprint density at radius 2 is 1.90 bits per heavy atom. The molecule has 2 unspecified atom stereocenters. The van der Waals surface area contributed by atoms with Gasteiger partial charge in [0.15, 0.2) is 11.5 Å². The van der Waals surface area contributed by atoms with Crippen LogP contribution in [-0.4, -0.2) is 66.7 Å². The van der Waals surface area contributed by atoms with Crippen molar-refractivity contribution in [2.75, 3.05) is 40.4 Å². The SMILES string of the molecule is COc1ccc(CCn2ccc(C)c(C(=O)N3CCN4CCC3C4)c2=O)cc1OC. The lowest BCUT2D eigenvalue weighted by atomic mass is 10.1. The van der Waals surface area contributed by atoms with E-state index < -0.39 is 0 Å². The molecule has 7 nitrogen and oxygen atoms in total. The quantitative estimate of drug-likeness (QED) is 0.727. The molecule has 1 aromatic heterocycles. The summed E-state index contributed by atoms with van der Waals surface area (Å²) in [5, 5.41) is 0. The number of hydrogen-bond donors (Lipinski definition) is 0. The zero-order valence-electron chi connectivity index (χ0n) is 17.9. The molecule has 0 aliphatic carbocycles. The number of benzene rings is 1. The van der Waals surface area contributed by atoms with Gasteiger partial charge >= 0.3 is 0 Å². The van der Waals surface area contributed by atoms with Gasteiger partial charge in [0.2, 0.25) is 0 Å². The van der Waals surface area contributed by atoms with Gasteiger partial charge in [0.25, 0.3) is 11.5 Å². The van der Waals surface area contributed by atoms with Crippen LogP contribution in [0.1, 0.15) is 27.9 Å². The Hall–Kier alpha value is -2.80. The van der Waals surface area contributed by atoms with Crippen LogP contribution in [0.15, 0.2) is 35.3 Å². The van der Waals surface area contributed by atoms with Crippen molar-refractivity contribution in [1.29, 1.82) is 0 Å². The Balaban J connectivity index is 1.54. The van der Waals surface area contributed by atoms with Crippen LogP contribution in [-0.2, 0) is 13.0 Å². The minimum atomic E-state index is -0.207. The number of ether oxygens (including phenoxy) is 2. The lowest BCUT2D eigenvalue weighted by Crippen LogP contribution is -2.51. The number of aromatic nitrogens is 1. The molecule has 0 saturated carbocycles. The van der Waals surface area contributed by atoms with Gasteiger partial charge in [0, 0.05) is 45.0 Å². The van der Waals surface area contributed by atoms with E-state index in [1.54, 1.807) is 25.0 Å². The number of carbonyl (C=O) groups is 1. The summed E-state index contributed by atoms with van der Waals surface area (Å²) in [6.45, 7) is 5.89. The van der Waals surface area contributed by atoms with Crippen molar-refractivity contribution < 1.29 is 14.3 Å². The molecule has 4 rings (SSSR count). The number of amides is 1. The van der Waals surface area contributed by atoms with E-state index in [-0.39, 0.29) is 17.5 Å². The summed E-state index contributed by atoms with van der Waals surface area (Å²) in [6, 6.07) is 7.84. The number of fused-ring (bicyclic) bond motifs is 2. The molecule has 160 valence electrons. The first-order valence-electron chi connectivity index (χ1n) is 10.5. The maximum atomic E-state index is 13.3. The van der Waals surface area contributed by atoms with Gasteiger partial charge in [-0.3, -0.25) is 14.5 Å². The minimum absolute atomic E-state index is 0.121. The Kier molecular flexibility index (Phi) is 5.81. The molecule has 2 bridgehead atoms. The van der Waals surface area contributed by atoms with Crippen LogP contribution in [0.25, 0.3) is 0 Å². The van der Waals surface area contributed by atoms with E-state index in [0.717, 1.165) is 37.2 Å². The van der Waals surface area contributed by atoms with Gasteiger partial charge in [-0.2, -0.15) is 0 Å². The van der Waals surface area contributed by atoms with E-state index >= 15 is 0 Å². The van der Waals surface area contributed by atoms with Crippen LogP contribution in [0.4, 0.5) is 0 Å². The Labute approximate surface area is 176 Å². The zero-order valence-corrected chi connectivity index (χ0v) is 17.9. The van der Waals surface area contributed by atoms with Crippen molar-refractivity contribution in [2.45, 2.75) is 32.4 Å². The Bertz CT molecular complexity index is 1000. The largest absolute Gasteiger partial charge is 0.493 e. The maximum absolute atomic E-state index is 13.3. The van der Waals surface area contributed by atoms with E-state index in [1.807, 2.05) is 36.1 Å². The molecule has 1 aromatic carbocycles. The average Bonchev–Trinajstić information content (AvgIpc) is 3.13. The maximum Gasteiger partial charge on any atom is 0.263 e. The fourth-order valence-corrected chi connectivity index (χ4v) is 4.50. The summed E-state index contributed by atoms with van der Waals surface area (Å²) in [5.41, 5.74) is 1.88. The lowest BCUT2D eigenvalue weighted by Gasteiger charge is -2.34. The average molecular weight is 412 g/mol. The molecule has 3 heterocycles. The molecule has 0 spiro atoms. The molecular formula is C23H29N3O4. The molecule has 2 saturated heterocycles. The van der Waals surface area contributed by atoms with Crippen LogP contribution < -0.4 is 15.0 Å². The summed E-state index contributed by atoms with van der Waals surface area (Å²) in [6.07, 6.45) is 3.42. The third kappa shape index (κ3) is 3.81. The first-order chi connectivity index (χ1) is 14.5. The third-order valence-corrected chi connectivity index (χ3v) is 6.28. The van der Waals surface area contributed by atoms with Crippen molar-refractivity contribution in [3.8, 4) is 11.5 Å². The van der Waals surface area contributed by atoms with Gasteiger partial charge in [-0.05, 0) is 49.1 Å². The number of hydrogen-bond acceptors (Lipinski definition) is 5. The summed E-state index contributed by atoms with van der Waals surface area (Å²) < 4.78 is 12.3. The molecule has 2 aromatic rings. The van der Waals surface area contributed by atoms with E-state index in [9.17, 15) is 9.59 Å². The predicted octanol–water partition coefficient (Wildman–Crippen LogP) is 1.95. The van der Waals surface area contributed by atoms with E-state index in [1.165, 1.54) is 0 Å². The number of methoxy groups -OCH3 is 2. The highest BCUT2D eigenvalue weighted by Crippen LogP contribution is 2.28. The van der Waals surface area contributed by atoms with Crippen LogP contribution in [0.3, 0.4) is 0 Å². The second kappa shape index (κ2) is 8.52. The van der Waals surface area contributed by atoms with Gasteiger partial charge < -0.3 is 18.9 Å². The second-order valence-electron chi connectivity index (χ2n) is 8.05. The summed E-state index contributed by atoms with van der Waals surface area (Å²) in [7, 11) is 3.21. The fourth-order valence-electron chi connectivity index (χ4n) is 4.50. The number of rotatable bonds is 6. The van der Waals surface area contributed by atoms with Gasteiger partial charge in [-0.15, -0.1) is 0 Å². The van der Waals surface area contributed by atoms with Crippen molar-refractivity contribution in [1.82, 2.24) is 14.4 Å². The molecule has 7 heteroatoms. The van der Waals surface area contributed by atoms with Crippen molar-refractivity contribution in [3.63, 3.8) is 0 Å². The zero-order chi connectivity index (χ0) is 21.3. The highest BCUT2D eigenvalue weighted by molar-refractivity contribution is 5.95. The normalized spacial score (nSPS) is 20.3. The van der Waals surface area contributed by atoms with Gasteiger partial charge in [0.1, 0.15) is 5.56 Å². The summed E-state index contributed by atoms with van der Waals surface area (Å²) in [5.74, 6) is 1.22. The number of aryl methyl sites for hydroxylation is 3. The molecule has 0 N–H and O–H groups in total. The molecule has 1 amide bonds. The monoisotopic (exact) mass is 411 g/mol. The molecule has 2 aliphatic heterocycles. The third-order valence-electron chi connectivity index (χ3n) is 6.28. The number of pyridine rings is 1. The van der Waals surface area contributed by atoms with Crippen LogP contribution in [0, 0.1) is 6.92 Å². The van der Waals surface area contributed by atoms with Crippen molar-refractivity contribution >= 4 is 5.91 Å². The van der Waals surface area contributed by atoms with E-state index in [2.05, 4.69) is 4.90 Å². The lowest BCUT2D eigenvalue weighted by molar-refractivity contribution is 0.0606. The fraction of sp³-hybridized carbons (Fsp3) is 0.478. The first-order valence-corrected chi connectivity index (χ1v) is 10.5. The molecule has 2 fully saturated rings. The number of carbonyl (C=O) groups excluding carboxylic acids is 1. The van der Waals surface area contributed by atoms with Crippen molar-refractivity contribution in [3.05, 3.63) is 57.5 Å². The standard InChI is InChI=1S/C23H29N3O4/c1-16-6-10-25(11-7-17-4-5-19(29-2)20(14-17)30-3)22(27)21(16)23(28)26-13-12-24-9-8-18(26)15-24/h4-6,10,14,18H,7-9,11-13,15H2,1-3H3. The highest BCUT2D eigenvalue weighted by atomic mass is 16.5. The van der Waals surface area contributed by atoms with Crippen LogP contribution >= 0.6 is 0 Å². The smallest absolute Gasteiger partial charge is 0.263 e. The highest BCUT2D eigenvalue weighted by Gasteiger charge is 2.36. The molecule has 0 radical (unpaired) electrons. The summed E-state index contributed by atoms with van der Waals surface area (Å²) >= 11 is 0. The van der Waals surface area contributed by atoms with Crippen LogP contribution in [0.2, 0.25) is 0 Å². The van der Waals surface area contributed by atoms with Gasteiger partial charge in [-0.1, -0.05) is 6.07 Å². The Morgan fingerprint density at radius 3 is 2.67 bits per heavy atom. The Morgan fingerprint density at radius 1 is 1.10 bits per heavy atom. The van der Waals surface area contributed by atoms with E-state index in [4.69, 9.17) is 9.47 Å². The number of piperazine rings is 1. The second-order valence-corrected chi connectivity index (χ2v) is 8.05. The molecular weight excluding hydrogens is 382 g/mol. The van der Waals surface area contributed by atoms with E-state index in [0.29, 0.717) is 36.6 Å². The van der Waals surface area contributed by atoms with Crippen LogP contribution in [0.5, 0.6) is 11.5 Å². The topological polar surface area (TPSA) is 64.0 Å². The minimum Gasteiger partial charge on any atom is -0.493 e. The molecule has 30 heavy (non-hydrogen) atoms. The van der Waals surface area contributed by atoms with Gasteiger partial charge in [0.05, 0.1) is 14.2 Å². The number of nitrogens with zero attached hydrogens (tertiary/aromatic N) is 3.